The van der Waals surface area contributed by atoms with Crippen molar-refractivity contribution in [2.24, 2.45) is 17.3 Å². The van der Waals surface area contributed by atoms with Crippen molar-refractivity contribution in [1.82, 2.24) is 0 Å². The molecule has 64 valence electrons. The highest BCUT2D eigenvalue weighted by Crippen LogP contribution is 2.53. The Bertz CT molecular complexity index is 149. The Morgan fingerprint density at radius 1 is 1.64 bits per heavy atom. The predicted octanol–water partition coefficient (Wildman–Crippen LogP) is 2.22. The van der Waals surface area contributed by atoms with Crippen LogP contribution in [-0.2, 0) is 0 Å². The van der Waals surface area contributed by atoms with Crippen LogP contribution >= 0.6 is 0 Å². The number of aliphatic hydroxyl groups excluding tert-OH is 1. The van der Waals surface area contributed by atoms with E-state index >= 15 is 0 Å². The number of aliphatic hydroxyl groups is 1. The van der Waals surface area contributed by atoms with Crippen LogP contribution in [0.5, 0.6) is 0 Å². The summed E-state index contributed by atoms with van der Waals surface area (Å²) in [4.78, 5) is 0. The number of hydrogen-bond acceptors (Lipinski definition) is 1. The van der Waals surface area contributed by atoms with E-state index in [9.17, 15) is 0 Å². The van der Waals surface area contributed by atoms with Gasteiger partial charge in [-0.2, -0.15) is 0 Å². The van der Waals surface area contributed by atoms with Crippen LogP contribution in [0.1, 0.15) is 26.7 Å². The van der Waals surface area contributed by atoms with E-state index in [0.717, 1.165) is 6.42 Å². The van der Waals surface area contributed by atoms with Crippen LogP contribution in [0.4, 0.5) is 0 Å². The third-order valence-corrected chi connectivity index (χ3v) is 3.31. The van der Waals surface area contributed by atoms with Gasteiger partial charge in [-0.25, -0.2) is 0 Å². The van der Waals surface area contributed by atoms with Gasteiger partial charge in [0, 0.05) is 6.61 Å². The average molecular weight is 154 g/mol. The first-order valence-electron chi connectivity index (χ1n) is 4.36. The summed E-state index contributed by atoms with van der Waals surface area (Å²) in [6.45, 7) is 8.68. The van der Waals surface area contributed by atoms with E-state index in [-0.39, 0.29) is 0 Å². The van der Waals surface area contributed by atoms with E-state index in [1.54, 1.807) is 0 Å². The first-order valence-corrected chi connectivity index (χ1v) is 4.36. The monoisotopic (exact) mass is 154 g/mol. The lowest BCUT2D eigenvalue weighted by molar-refractivity contribution is -0.00437. The Morgan fingerprint density at radius 2 is 2.27 bits per heavy atom. The molecule has 0 aromatic carbocycles. The van der Waals surface area contributed by atoms with Crippen LogP contribution in [-0.4, -0.2) is 11.7 Å². The first-order chi connectivity index (χ1) is 5.12. The maximum atomic E-state index is 8.77. The fourth-order valence-electron chi connectivity index (χ4n) is 2.10. The Kier molecular flexibility index (Phi) is 2.38. The molecule has 0 aromatic heterocycles. The van der Waals surface area contributed by atoms with E-state index in [0.29, 0.717) is 23.9 Å². The third kappa shape index (κ3) is 1.34. The summed E-state index contributed by atoms with van der Waals surface area (Å²) < 4.78 is 0. The Labute approximate surface area is 69.1 Å². The molecule has 0 spiro atoms. The predicted molar refractivity (Wildman–Crippen MR) is 47.3 cm³/mol. The molecule has 1 N–H and O–H groups in total. The van der Waals surface area contributed by atoms with Crippen LogP contribution in [0.2, 0.25) is 0 Å². The molecule has 2 atom stereocenters. The van der Waals surface area contributed by atoms with Gasteiger partial charge in [-0.3, -0.25) is 0 Å². The van der Waals surface area contributed by atoms with Crippen molar-refractivity contribution in [3.8, 4) is 0 Å². The Morgan fingerprint density at radius 3 is 2.64 bits per heavy atom. The lowest BCUT2D eigenvalue weighted by Crippen LogP contribution is -2.43. The molecular weight excluding hydrogens is 136 g/mol. The summed E-state index contributed by atoms with van der Waals surface area (Å²) >= 11 is 0. The van der Waals surface area contributed by atoms with Crippen molar-refractivity contribution in [2.45, 2.75) is 26.7 Å². The first kappa shape index (κ1) is 8.79. The van der Waals surface area contributed by atoms with Gasteiger partial charge in [0.15, 0.2) is 0 Å². The largest absolute Gasteiger partial charge is 0.396 e. The molecular formula is C10H18O. The van der Waals surface area contributed by atoms with Gasteiger partial charge in [-0.15, -0.1) is 6.58 Å². The second-order valence-electron chi connectivity index (χ2n) is 4.11. The second-order valence-corrected chi connectivity index (χ2v) is 4.11. The zero-order chi connectivity index (χ0) is 8.48. The minimum atomic E-state index is 0.331. The standard InChI is InChI=1S/C10H18O/c1-4-8-7-9(5-6-11)10(8,2)3/h4,8-9,11H,1,5-7H2,2-3H3. The van der Waals surface area contributed by atoms with Gasteiger partial charge in [0.1, 0.15) is 0 Å². The fraction of sp³-hybridized carbons (Fsp3) is 0.800. The molecule has 1 nitrogen and oxygen atoms in total. The van der Waals surface area contributed by atoms with Crippen molar-refractivity contribution < 1.29 is 5.11 Å². The van der Waals surface area contributed by atoms with Crippen LogP contribution in [0.15, 0.2) is 12.7 Å². The van der Waals surface area contributed by atoms with Crippen molar-refractivity contribution in [3.63, 3.8) is 0 Å². The van der Waals surface area contributed by atoms with Gasteiger partial charge in [-0.05, 0) is 30.1 Å². The molecule has 0 aromatic rings. The minimum Gasteiger partial charge on any atom is -0.396 e. The average Bonchev–Trinajstić information content (AvgIpc) is 1.97. The van der Waals surface area contributed by atoms with Crippen molar-refractivity contribution in [2.75, 3.05) is 6.61 Å². The molecule has 1 saturated carbocycles. The normalized spacial score (nSPS) is 34.5. The zero-order valence-electron chi connectivity index (χ0n) is 7.51. The van der Waals surface area contributed by atoms with Gasteiger partial charge in [0.2, 0.25) is 0 Å². The molecule has 0 bridgehead atoms. The summed E-state index contributed by atoms with van der Waals surface area (Å²) in [5.74, 6) is 1.37. The molecule has 1 heteroatoms. The van der Waals surface area contributed by atoms with Gasteiger partial charge in [0.25, 0.3) is 0 Å². The van der Waals surface area contributed by atoms with Gasteiger partial charge >= 0.3 is 0 Å². The molecule has 0 aliphatic heterocycles. The number of rotatable bonds is 3. The molecule has 2 unspecified atom stereocenters. The van der Waals surface area contributed by atoms with Crippen molar-refractivity contribution in [1.29, 1.82) is 0 Å². The molecule has 11 heavy (non-hydrogen) atoms. The molecule has 1 aliphatic carbocycles. The molecule has 0 heterocycles. The molecule has 1 rings (SSSR count). The summed E-state index contributed by atoms with van der Waals surface area (Å²) in [5.41, 5.74) is 0.379. The van der Waals surface area contributed by atoms with Gasteiger partial charge < -0.3 is 5.11 Å². The van der Waals surface area contributed by atoms with E-state index in [2.05, 4.69) is 20.4 Å². The van der Waals surface area contributed by atoms with Gasteiger partial charge in [-0.1, -0.05) is 19.9 Å². The van der Waals surface area contributed by atoms with Crippen LogP contribution in [0, 0.1) is 17.3 Å². The lowest BCUT2D eigenvalue weighted by atomic mass is 9.54. The molecule has 0 radical (unpaired) electrons. The SMILES string of the molecule is C=CC1CC(CCO)C1(C)C. The Hall–Kier alpha value is -0.300. The van der Waals surface area contributed by atoms with Crippen molar-refractivity contribution >= 4 is 0 Å². The van der Waals surface area contributed by atoms with E-state index < -0.39 is 0 Å². The summed E-state index contributed by atoms with van der Waals surface area (Å²) in [6.07, 6.45) is 4.22. The van der Waals surface area contributed by atoms with Crippen LogP contribution in [0.25, 0.3) is 0 Å². The highest BCUT2D eigenvalue weighted by Gasteiger charge is 2.45. The van der Waals surface area contributed by atoms with E-state index in [4.69, 9.17) is 5.11 Å². The highest BCUT2D eigenvalue weighted by molar-refractivity contribution is 5.03. The lowest BCUT2D eigenvalue weighted by Gasteiger charge is -2.51. The van der Waals surface area contributed by atoms with Crippen LogP contribution in [0.3, 0.4) is 0 Å². The van der Waals surface area contributed by atoms with E-state index in [1.807, 2.05) is 6.08 Å². The maximum absolute atomic E-state index is 8.77. The Balaban J connectivity index is 2.46. The maximum Gasteiger partial charge on any atom is 0.0433 e. The van der Waals surface area contributed by atoms with Crippen LogP contribution < -0.4 is 0 Å². The number of hydrogen-bond donors (Lipinski definition) is 1. The second kappa shape index (κ2) is 2.98. The smallest absolute Gasteiger partial charge is 0.0433 e. The zero-order valence-corrected chi connectivity index (χ0v) is 7.51. The highest BCUT2D eigenvalue weighted by atomic mass is 16.3. The summed E-state index contributed by atoms with van der Waals surface area (Å²) in [7, 11) is 0. The topological polar surface area (TPSA) is 20.2 Å². The molecule has 0 amide bonds. The van der Waals surface area contributed by atoms with E-state index in [1.165, 1.54) is 6.42 Å². The molecule has 0 saturated heterocycles. The quantitative estimate of drug-likeness (QED) is 0.618. The third-order valence-electron chi connectivity index (χ3n) is 3.31. The van der Waals surface area contributed by atoms with Crippen molar-refractivity contribution in [3.05, 3.63) is 12.7 Å². The fourth-order valence-corrected chi connectivity index (χ4v) is 2.10. The van der Waals surface area contributed by atoms with Gasteiger partial charge in [0.05, 0.1) is 0 Å². The summed E-state index contributed by atoms with van der Waals surface area (Å²) in [6, 6.07) is 0. The minimum absolute atomic E-state index is 0.331. The summed E-state index contributed by atoms with van der Waals surface area (Å²) in [5, 5.41) is 8.77. The molecule has 1 fully saturated rings. The molecule has 1 aliphatic rings. The number of allylic oxidation sites excluding steroid dienone is 1.